The van der Waals surface area contributed by atoms with Crippen molar-refractivity contribution in [1.82, 2.24) is 4.90 Å². The molecule has 1 heterocycles. The second-order valence-electron chi connectivity index (χ2n) is 2.90. The van der Waals surface area contributed by atoms with Crippen LogP contribution in [0.4, 0.5) is 0 Å². The second kappa shape index (κ2) is 3.32. The van der Waals surface area contributed by atoms with Crippen LogP contribution < -0.4 is 5.73 Å². The van der Waals surface area contributed by atoms with Gasteiger partial charge in [-0.2, -0.15) is 0 Å². The fourth-order valence-corrected chi connectivity index (χ4v) is 1.13. The van der Waals surface area contributed by atoms with E-state index in [2.05, 4.69) is 11.8 Å². The molecule has 1 rings (SSSR count). The zero-order valence-electron chi connectivity index (χ0n) is 6.71. The first kappa shape index (κ1) is 7.98. The number of methoxy groups -OCH3 is 1. The minimum Gasteiger partial charge on any atom is -0.379 e. The summed E-state index contributed by atoms with van der Waals surface area (Å²) in [6, 6.07) is 0.520. The Morgan fingerprint density at radius 1 is 1.70 bits per heavy atom. The molecule has 2 N–H and O–H groups in total. The Morgan fingerprint density at radius 2 is 2.30 bits per heavy atom. The van der Waals surface area contributed by atoms with Gasteiger partial charge in [0.2, 0.25) is 0 Å². The molecule has 0 bridgehead atoms. The van der Waals surface area contributed by atoms with Gasteiger partial charge in [-0.25, -0.2) is 0 Å². The highest BCUT2D eigenvalue weighted by atomic mass is 16.5. The number of hydrogen-bond acceptors (Lipinski definition) is 3. The topological polar surface area (TPSA) is 38.5 Å². The third kappa shape index (κ3) is 1.48. The summed E-state index contributed by atoms with van der Waals surface area (Å²) in [4.78, 5) is 2.33. The SMILES string of the molecule is COC1CN(C(C)CN)C1. The van der Waals surface area contributed by atoms with Crippen LogP contribution in [0.3, 0.4) is 0 Å². The maximum atomic E-state index is 5.49. The summed E-state index contributed by atoms with van der Waals surface area (Å²) in [7, 11) is 1.76. The molecule has 3 nitrogen and oxygen atoms in total. The standard InChI is InChI=1S/C7H16N2O/c1-6(3-8)9-4-7(5-9)10-2/h6-7H,3-5,8H2,1-2H3. The van der Waals surface area contributed by atoms with E-state index in [0.717, 1.165) is 19.6 Å². The smallest absolute Gasteiger partial charge is 0.0825 e. The van der Waals surface area contributed by atoms with Gasteiger partial charge in [-0.15, -0.1) is 0 Å². The van der Waals surface area contributed by atoms with Crippen LogP contribution in [0.15, 0.2) is 0 Å². The van der Waals surface area contributed by atoms with Gasteiger partial charge in [0, 0.05) is 32.8 Å². The van der Waals surface area contributed by atoms with Crippen molar-refractivity contribution in [1.29, 1.82) is 0 Å². The summed E-state index contributed by atoms with van der Waals surface area (Å²) in [6.45, 7) is 4.99. The molecular formula is C7H16N2O. The molecule has 0 spiro atoms. The summed E-state index contributed by atoms with van der Waals surface area (Å²) in [5, 5.41) is 0. The molecule has 1 aliphatic heterocycles. The van der Waals surface area contributed by atoms with Crippen LogP contribution in [0.1, 0.15) is 6.92 Å². The lowest BCUT2D eigenvalue weighted by molar-refractivity contribution is -0.0453. The fraction of sp³-hybridized carbons (Fsp3) is 1.00. The first-order valence-electron chi connectivity index (χ1n) is 3.74. The Kier molecular flexibility index (Phi) is 2.65. The first-order chi connectivity index (χ1) is 4.77. The van der Waals surface area contributed by atoms with Gasteiger partial charge in [-0.1, -0.05) is 0 Å². The van der Waals surface area contributed by atoms with Crippen LogP contribution in [0, 0.1) is 0 Å². The molecule has 1 unspecified atom stereocenters. The van der Waals surface area contributed by atoms with E-state index >= 15 is 0 Å². The average Bonchev–Trinajstić information content (AvgIpc) is 1.85. The van der Waals surface area contributed by atoms with Crippen molar-refractivity contribution in [2.75, 3.05) is 26.7 Å². The van der Waals surface area contributed by atoms with E-state index in [1.165, 1.54) is 0 Å². The summed E-state index contributed by atoms with van der Waals surface area (Å²) < 4.78 is 5.13. The molecule has 60 valence electrons. The predicted molar refractivity (Wildman–Crippen MR) is 40.9 cm³/mol. The molecule has 0 aromatic heterocycles. The Hall–Kier alpha value is -0.120. The molecule has 3 heteroatoms. The van der Waals surface area contributed by atoms with Gasteiger partial charge in [0.05, 0.1) is 6.10 Å². The van der Waals surface area contributed by atoms with Crippen molar-refractivity contribution in [2.45, 2.75) is 19.1 Å². The van der Waals surface area contributed by atoms with Crippen molar-refractivity contribution >= 4 is 0 Å². The third-order valence-electron chi connectivity index (χ3n) is 2.17. The monoisotopic (exact) mass is 144 g/mol. The summed E-state index contributed by atoms with van der Waals surface area (Å²) in [5.74, 6) is 0. The molecule has 1 atom stereocenters. The second-order valence-corrected chi connectivity index (χ2v) is 2.90. The molecule has 0 aliphatic carbocycles. The van der Waals surface area contributed by atoms with Crippen LogP contribution in [0.2, 0.25) is 0 Å². The van der Waals surface area contributed by atoms with Crippen molar-refractivity contribution < 1.29 is 4.74 Å². The lowest BCUT2D eigenvalue weighted by atomic mass is 10.1. The van der Waals surface area contributed by atoms with Gasteiger partial charge in [-0.05, 0) is 6.92 Å². The zero-order valence-corrected chi connectivity index (χ0v) is 6.71. The van der Waals surface area contributed by atoms with E-state index < -0.39 is 0 Å². The fourth-order valence-electron chi connectivity index (χ4n) is 1.13. The van der Waals surface area contributed by atoms with Gasteiger partial charge in [0.1, 0.15) is 0 Å². The minimum atomic E-state index is 0.453. The highest BCUT2D eigenvalue weighted by Crippen LogP contribution is 2.13. The summed E-state index contributed by atoms with van der Waals surface area (Å²) in [5.41, 5.74) is 5.49. The van der Waals surface area contributed by atoms with Crippen LogP contribution in [-0.4, -0.2) is 43.8 Å². The van der Waals surface area contributed by atoms with Crippen molar-refractivity contribution in [3.05, 3.63) is 0 Å². The van der Waals surface area contributed by atoms with E-state index in [0.29, 0.717) is 12.1 Å². The van der Waals surface area contributed by atoms with Gasteiger partial charge < -0.3 is 10.5 Å². The zero-order chi connectivity index (χ0) is 7.56. The maximum Gasteiger partial charge on any atom is 0.0825 e. The lowest BCUT2D eigenvalue weighted by Gasteiger charge is -2.41. The largest absolute Gasteiger partial charge is 0.379 e. The number of nitrogens with two attached hydrogens (primary N) is 1. The van der Waals surface area contributed by atoms with Crippen LogP contribution in [-0.2, 0) is 4.74 Å². The maximum absolute atomic E-state index is 5.49. The molecule has 0 radical (unpaired) electrons. The molecule has 0 saturated carbocycles. The van der Waals surface area contributed by atoms with Gasteiger partial charge >= 0.3 is 0 Å². The van der Waals surface area contributed by atoms with Crippen LogP contribution in [0.5, 0.6) is 0 Å². The molecule has 1 saturated heterocycles. The lowest BCUT2D eigenvalue weighted by Crippen LogP contribution is -2.57. The van der Waals surface area contributed by atoms with E-state index in [4.69, 9.17) is 10.5 Å². The Balaban J connectivity index is 2.13. The number of likely N-dealkylation sites (tertiary alicyclic amines) is 1. The number of ether oxygens (including phenoxy) is 1. The summed E-state index contributed by atoms with van der Waals surface area (Å²) >= 11 is 0. The van der Waals surface area contributed by atoms with E-state index in [-0.39, 0.29) is 0 Å². The number of hydrogen-bond donors (Lipinski definition) is 1. The van der Waals surface area contributed by atoms with Crippen molar-refractivity contribution in [3.8, 4) is 0 Å². The molecule has 0 amide bonds. The van der Waals surface area contributed by atoms with E-state index in [9.17, 15) is 0 Å². The van der Waals surface area contributed by atoms with Gasteiger partial charge in [0.15, 0.2) is 0 Å². The van der Waals surface area contributed by atoms with Crippen molar-refractivity contribution in [3.63, 3.8) is 0 Å². The van der Waals surface area contributed by atoms with Gasteiger partial charge in [-0.3, -0.25) is 4.90 Å². The number of nitrogens with zero attached hydrogens (tertiary/aromatic N) is 1. The van der Waals surface area contributed by atoms with Crippen molar-refractivity contribution in [2.24, 2.45) is 5.73 Å². The molecule has 1 aliphatic rings. The Bertz CT molecular complexity index is 102. The highest BCUT2D eigenvalue weighted by Gasteiger charge is 2.28. The van der Waals surface area contributed by atoms with Crippen LogP contribution >= 0.6 is 0 Å². The van der Waals surface area contributed by atoms with E-state index in [1.54, 1.807) is 7.11 Å². The molecule has 0 aromatic rings. The summed E-state index contributed by atoms with van der Waals surface area (Å²) in [6.07, 6.45) is 0.453. The molecular weight excluding hydrogens is 128 g/mol. The molecule has 1 fully saturated rings. The molecule has 0 aromatic carbocycles. The highest BCUT2D eigenvalue weighted by molar-refractivity contribution is 4.84. The first-order valence-corrected chi connectivity index (χ1v) is 3.74. The Labute approximate surface area is 62.1 Å². The number of rotatable bonds is 3. The minimum absolute atomic E-state index is 0.453. The molecule has 10 heavy (non-hydrogen) atoms. The average molecular weight is 144 g/mol. The van der Waals surface area contributed by atoms with Gasteiger partial charge in [0.25, 0.3) is 0 Å². The Morgan fingerprint density at radius 3 is 2.70 bits per heavy atom. The quantitative estimate of drug-likeness (QED) is 0.589. The predicted octanol–water partition coefficient (Wildman–Crippen LogP) is -0.336. The van der Waals surface area contributed by atoms with E-state index in [1.807, 2.05) is 0 Å². The van der Waals surface area contributed by atoms with Crippen LogP contribution in [0.25, 0.3) is 0 Å². The third-order valence-corrected chi connectivity index (χ3v) is 2.17. The normalized spacial score (nSPS) is 24.3.